The molecule has 0 aromatic heterocycles. The summed E-state index contributed by atoms with van der Waals surface area (Å²) in [4.78, 5) is 54.1. The van der Waals surface area contributed by atoms with Crippen LogP contribution in [0.5, 0.6) is 5.75 Å². The average Bonchev–Trinajstić information content (AvgIpc) is 2.79. The van der Waals surface area contributed by atoms with Crippen LogP contribution in [-0.2, 0) is 14.3 Å². The van der Waals surface area contributed by atoms with E-state index in [4.69, 9.17) is 25.8 Å². The van der Waals surface area contributed by atoms with Gasteiger partial charge in [-0.2, -0.15) is 0 Å². The van der Waals surface area contributed by atoms with E-state index in [-0.39, 0.29) is 11.1 Å². The second-order valence-corrected chi connectivity index (χ2v) is 11.5. The molecule has 0 N–H and O–H groups in total. The Morgan fingerprint density at radius 1 is 0.872 bits per heavy atom. The molecule has 0 fully saturated rings. The van der Waals surface area contributed by atoms with Crippen molar-refractivity contribution in [3.63, 3.8) is 0 Å². The van der Waals surface area contributed by atoms with Crippen molar-refractivity contribution in [1.82, 2.24) is 10.0 Å². The first-order valence-corrected chi connectivity index (χ1v) is 12.8. The van der Waals surface area contributed by atoms with E-state index in [1.807, 2.05) is 19.9 Å². The van der Waals surface area contributed by atoms with E-state index in [0.29, 0.717) is 16.3 Å². The van der Waals surface area contributed by atoms with Crippen LogP contribution in [0.2, 0.25) is 0 Å². The van der Waals surface area contributed by atoms with E-state index in [1.54, 1.807) is 72.7 Å². The van der Waals surface area contributed by atoms with Crippen molar-refractivity contribution in [2.75, 3.05) is 7.11 Å². The third-order valence-electron chi connectivity index (χ3n) is 5.39. The lowest BCUT2D eigenvalue weighted by Crippen LogP contribution is -2.60. The minimum atomic E-state index is -1.88. The number of amides is 3. The molecule has 2 aromatic carbocycles. The molecule has 0 saturated heterocycles. The van der Waals surface area contributed by atoms with E-state index in [9.17, 15) is 19.2 Å². The van der Waals surface area contributed by atoms with Gasteiger partial charge in [-0.05, 0) is 86.6 Å². The second kappa shape index (κ2) is 12.1. The summed E-state index contributed by atoms with van der Waals surface area (Å²) in [6.07, 6.45) is -1.33. The molecular formula is C29H37ClN2O7. The lowest BCUT2D eigenvalue weighted by atomic mass is 10.0. The number of benzene rings is 2. The van der Waals surface area contributed by atoms with Crippen molar-refractivity contribution in [2.45, 2.75) is 79.0 Å². The predicted molar refractivity (Wildman–Crippen MR) is 148 cm³/mol. The lowest BCUT2D eigenvalue weighted by molar-refractivity contribution is -0.161. The monoisotopic (exact) mass is 560 g/mol. The summed E-state index contributed by atoms with van der Waals surface area (Å²) in [6, 6.07) is 9.95. The summed E-state index contributed by atoms with van der Waals surface area (Å²) in [6.45, 7) is 15.2. The Morgan fingerprint density at radius 3 is 1.92 bits per heavy atom. The number of alkyl halides is 1. The zero-order chi connectivity index (χ0) is 29.9. The number of aryl methyl sites for hydroxylation is 2. The van der Waals surface area contributed by atoms with Gasteiger partial charge in [0.15, 0.2) is 0 Å². The number of hydrazine groups is 1. The van der Waals surface area contributed by atoms with Gasteiger partial charge in [-0.15, -0.1) is 5.01 Å². The Morgan fingerprint density at radius 2 is 1.44 bits per heavy atom. The second-order valence-electron chi connectivity index (χ2n) is 11.1. The normalized spacial score (nSPS) is 12.3. The van der Waals surface area contributed by atoms with Crippen molar-refractivity contribution >= 4 is 35.5 Å². The lowest BCUT2D eigenvalue weighted by Gasteiger charge is -2.41. The number of hydrogen-bond donors (Lipinski definition) is 0. The maximum Gasteiger partial charge on any atom is 0.438 e. The zero-order valence-corrected chi connectivity index (χ0v) is 24.9. The molecule has 2 aromatic rings. The van der Waals surface area contributed by atoms with Crippen molar-refractivity contribution in [3.05, 3.63) is 64.2 Å². The summed E-state index contributed by atoms with van der Waals surface area (Å²) < 4.78 is 15.7. The van der Waals surface area contributed by atoms with Gasteiger partial charge in [0.05, 0.1) is 12.6 Å². The Balaban J connectivity index is 2.68. The van der Waals surface area contributed by atoms with Gasteiger partial charge in [0.25, 0.3) is 17.4 Å². The van der Waals surface area contributed by atoms with Gasteiger partial charge in [0.1, 0.15) is 11.4 Å². The topological polar surface area (TPSA) is 102 Å². The van der Waals surface area contributed by atoms with Crippen LogP contribution in [-0.4, -0.2) is 57.7 Å². The molecule has 1 unspecified atom stereocenters. The highest BCUT2D eigenvalue weighted by Crippen LogP contribution is 2.28. The summed E-state index contributed by atoms with van der Waals surface area (Å²) in [5.74, 6) is -2.13. The Labute approximate surface area is 234 Å². The molecule has 0 bridgehead atoms. The van der Waals surface area contributed by atoms with E-state index in [1.165, 1.54) is 13.2 Å². The third-order valence-corrected chi connectivity index (χ3v) is 5.66. The van der Waals surface area contributed by atoms with E-state index < -0.39 is 40.6 Å². The van der Waals surface area contributed by atoms with Gasteiger partial charge in [0, 0.05) is 16.7 Å². The molecule has 0 spiro atoms. The number of carbonyl (C=O) groups is 4. The molecule has 0 aliphatic rings. The Hall–Kier alpha value is -3.59. The summed E-state index contributed by atoms with van der Waals surface area (Å²) in [5.41, 5.74) is -1.47. The zero-order valence-electron chi connectivity index (χ0n) is 24.2. The largest absolute Gasteiger partial charge is 0.496 e. The predicted octanol–water partition coefficient (Wildman–Crippen LogP) is 5.96. The number of hydrogen-bond acceptors (Lipinski definition) is 7. The minimum Gasteiger partial charge on any atom is -0.496 e. The van der Waals surface area contributed by atoms with Crippen molar-refractivity contribution in [1.29, 1.82) is 0 Å². The van der Waals surface area contributed by atoms with Gasteiger partial charge < -0.3 is 14.2 Å². The molecule has 0 saturated carbocycles. The number of carbonyl (C=O) groups excluding carboxylic acids is 4. The van der Waals surface area contributed by atoms with Crippen LogP contribution in [0.15, 0.2) is 36.4 Å². The smallest absolute Gasteiger partial charge is 0.438 e. The van der Waals surface area contributed by atoms with Gasteiger partial charge >= 0.3 is 12.1 Å². The number of ether oxygens (including phenoxy) is 3. The highest BCUT2D eigenvalue weighted by molar-refractivity contribution is 6.29. The van der Waals surface area contributed by atoms with Gasteiger partial charge in [0.2, 0.25) is 0 Å². The van der Waals surface area contributed by atoms with Crippen molar-refractivity contribution in [3.8, 4) is 5.75 Å². The fraction of sp³-hybridized carbons (Fsp3) is 0.448. The first-order valence-electron chi connectivity index (χ1n) is 12.4. The van der Waals surface area contributed by atoms with Crippen LogP contribution < -0.4 is 4.74 Å². The first-order chi connectivity index (χ1) is 17.9. The van der Waals surface area contributed by atoms with E-state index in [0.717, 1.165) is 16.1 Å². The van der Waals surface area contributed by atoms with Gasteiger partial charge in [-0.1, -0.05) is 34.9 Å². The van der Waals surface area contributed by atoms with Gasteiger partial charge in [-0.3, -0.25) is 9.59 Å². The molecule has 0 radical (unpaired) electrons. The molecule has 1 atom stereocenters. The Kier molecular flexibility index (Phi) is 9.79. The molecule has 0 aliphatic heterocycles. The van der Waals surface area contributed by atoms with E-state index >= 15 is 0 Å². The molecule has 0 aliphatic carbocycles. The minimum absolute atomic E-state index is 0.0807. The maximum atomic E-state index is 14.0. The number of halogens is 1. The van der Waals surface area contributed by atoms with Crippen molar-refractivity contribution < 1.29 is 33.4 Å². The van der Waals surface area contributed by atoms with Crippen LogP contribution in [0, 0.1) is 20.8 Å². The standard InChI is InChI=1S/C29H37ClN2O7/c1-17-14-18(2)16-20(15-17)24(33)32(28(4,5)6)31(25(34)21-12-11-13-22(37-10)19(21)3)27(36)38-23(30)26(35)39-29(7,8)9/h11-16,23H,1-10H3. The third kappa shape index (κ3) is 7.95. The average molecular weight is 561 g/mol. The molecule has 2 rings (SSSR count). The highest BCUT2D eigenvalue weighted by atomic mass is 35.5. The summed E-state index contributed by atoms with van der Waals surface area (Å²) in [5, 5.41) is 1.57. The van der Waals surface area contributed by atoms with Crippen LogP contribution in [0.1, 0.15) is 78.9 Å². The van der Waals surface area contributed by atoms with Crippen LogP contribution in [0.4, 0.5) is 4.79 Å². The number of rotatable bonds is 5. The Bertz CT molecular complexity index is 1240. The molecule has 0 heterocycles. The van der Waals surface area contributed by atoms with Gasteiger partial charge in [-0.25, -0.2) is 14.6 Å². The maximum absolute atomic E-state index is 14.0. The molecule has 39 heavy (non-hydrogen) atoms. The number of methoxy groups -OCH3 is 1. The fourth-order valence-corrected chi connectivity index (χ4v) is 4.01. The molecule has 3 amide bonds. The summed E-state index contributed by atoms with van der Waals surface area (Å²) >= 11 is 6.08. The highest BCUT2D eigenvalue weighted by Gasteiger charge is 2.43. The number of esters is 1. The summed E-state index contributed by atoms with van der Waals surface area (Å²) in [7, 11) is 1.45. The number of nitrogens with zero attached hydrogens (tertiary/aromatic N) is 2. The van der Waals surface area contributed by atoms with Crippen LogP contribution in [0.25, 0.3) is 0 Å². The molecular weight excluding hydrogens is 524 g/mol. The SMILES string of the molecule is COc1cccc(C(=O)N(C(=O)OC(Cl)C(=O)OC(C)(C)C)N(C(=O)c2cc(C)cc(C)c2)C(C)(C)C)c1C. The van der Waals surface area contributed by atoms with Crippen LogP contribution in [0.3, 0.4) is 0 Å². The molecule has 9 nitrogen and oxygen atoms in total. The fourth-order valence-electron chi connectivity index (χ4n) is 3.89. The first kappa shape index (κ1) is 31.6. The molecule has 10 heteroatoms. The van der Waals surface area contributed by atoms with Crippen molar-refractivity contribution in [2.24, 2.45) is 0 Å². The quantitative estimate of drug-likeness (QED) is 0.252. The van der Waals surface area contributed by atoms with Crippen LogP contribution >= 0.6 is 11.6 Å². The number of imide groups is 1. The van der Waals surface area contributed by atoms with E-state index in [2.05, 4.69) is 0 Å². The molecule has 212 valence electrons.